The molecule has 1 aromatic carbocycles. The average molecular weight is 180 g/mol. The van der Waals surface area contributed by atoms with E-state index >= 15 is 0 Å². The normalized spacial score (nSPS) is 9.77. The molecule has 0 aliphatic carbocycles. The zero-order valence-corrected chi connectivity index (χ0v) is 8.35. The van der Waals surface area contributed by atoms with Crippen LogP contribution in [0.15, 0.2) is 18.2 Å². The number of anilines is 1. The number of benzene rings is 1. The van der Waals surface area contributed by atoms with Gasteiger partial charge in [-0.25, -0.2) is 0 Å². The van der Waals surface area contributed by atoms with Crippen molar-refractivity contribution in [1.82, 2.24) is 5.32 Å². The van der Waals surface area contributed by atoms with E-state index in [4.69, 9.17) is 4.74 Å². The molecular weight excluding hydrogens is 164 g/mol. The van der Waals surface area contributed by atoms with Crippen LogP contribution < -0.4 is 15.4 Å². The lowest BCUT2D eigenvalue weighted by Crippen LogP contribution is -2.05. The molecule has 2 N–H and O–H groups in total. The molecule has 0 radical (unpaired) electrons. The van der Waals surface area contributed by atoms with Crippen LogP contribution in [0.5, 0.6) is 5.75 Å². The van der Waals surface area contributed by atoms with Crippen molar-refractivity contribution in [2.45, 2.75) is 6.54 Å². The Morgan fingerprint density at radius 3 is 2.62 bits per heavy atom. The molecular formula is C10H16N2O. The van der Waals surface area contributed by atoms with Crippen LogP contribution in [0.1, 0.15) is 5.56 Å². The molecule has 0 heterocycles. The summed E-state index contributed by atoms with van der Waals surface area (Å²) in [5.74, 6) is 0.877. The molecule has 1 aromatic rings. The maximum absolute atomic E-state index is 5.19. The van der Waals surface area contributed by atoms with Gasteiger partial charge >= 0.3 is 0 Å². The largest absolute Gasteiger partial charge is 0.495 e. The Morgan fingerprint density at radius 2 is 2.08 bits per heavy atom. The molecule has 0 amide bonds. The molecule has 3 heteroatoms. The lowest BCUT2D eigenvalue weighted by atomic mass is 10.2. The molecule has 0 fully saturated rings. The summed E-state index contributed by atoms with van der Waals surface area (Å²) >= 11 is 0. The predicted octanol–water partition coefficient (Wildman–Crippen LogP) is 1.46. The van der Waals surface area contributed by atoms with Gasteiger partial charge < -0.3 is 15.4 Å². The van der Waals surface area contributed by atoms with E-state index in [0.29, 0.717) is 0 Å². The highest BCUT2D eigenvalue weighted by Crippen LogP contribution is 2.24. The Labute approximate surface area is 79.1 Å². The first kappa shape index (κ1) is 9.86. The maximum Gasteiger partial charge on any atom is 0.141 e. The zero-order chi connectivity index (χ0) is 9.68. The van der Waals surface area contributed by atoms with Gasteiger partial charge in [-0.05, 0) is 24.7 Å². The number of nitrogens with one attached hydrogen (secondary N) is 2. The summed E-state index contributed by atoms with van der Waals surface area (Å²) in [4.78, 5) is 0. The molecule has 1 rings (SSSR count). The molecule has 0 aromatic heterocycles. The average Bonchev–Trinajstić information content (AvgIpc) is 2.18. The first-order valence-electron chi connectivity index (χ1n) is 4.31. The topological polar surface area (TPSA) is 33.3 Å². The van der Waals surface area contributed by atoms with Gasteiger partial charge in [-0.15, -0.1) is 0 Å². The fourth-order valence-electron chi connectivity index (χ4n) is 1.26. The van der Waals surface area contributed by atoms with Crippen LogP contribution >= 0.6 is 0 Å². The number of ether oxygens (including phenoxy) is 1. The fraction of sp³-hybridized carbons (Fsp3) is 0.400. The van der Waals surface area contributed by atoms with Gasteiger partial charge in [-0.1, -0.05) is 6.07 Å². The lowest BCUT2D eigenvalue weighted by molar-refractivity contribution is 0.416. The summed E-state index contributed by atoms with van der Waals surface area (Å²) in [6.07, 6.45) is 0. The summed E-state index contributed by atoms with van der Waals surface area (Å²) in [6.45, 7) is 0.874. The van der Waals surface area contributed by atoms with E-state index in [9.17, 15) is 0 Å². The molecule has 72 valence electrons. The van der Waals surface area contributed by atoms with Crippen molar-refractivity contribution < 1.29 is 4.74 Å². The fourth-order valence-corrected chi connectivity index (χ4v) is 1.26. The van der Waals surface area contributed by atoms with Crippen LogP contribution in [0.25, 0.3) is 0 Å². The standard InChI is InChI=1S/C10H16N2O/c1-11-7-8-4-5-10(13-3)9(6-8)12-2/h4-6,11-12H,7H2,1-3H3. The third-order valence-corrected chi connectivity index (χ3v) is 1.91. The Hall–Kier alpha value is -1.22. The van der Waals surface area contributed by atoms with Crippen LogP contribution in [0.2, 0.25) is 0 Å². The monoisotopic (exact) mass is 180 g/mol. The number of hydrogen-bond acceptors (Lipinski definition) is 3. The number of rotatable bonds is 4. The highest BCUT2D eigenvalue weighted by Gasteiger charge is 2.01. The summed E-state index contributed by atoms with van der Waals surface area (Å²) in [7, 11) is 5.50. The number of methoxy groups -OCH3 is 1. The van der Waals surface area contributed by atoms with E-state index in [1.807, 2.05) is 20.2 Å². The van der Waals surface area contributed by atoms with E-state index in [1.54, 1.807) is 7.11 Å². The Morgan fingerprint density at radius 1 is 1.31 bits per heavy atom. The minimum absolute atomic E-state index is 0.874. The third-order valence-electron chi connectivity index (χ3n) is 1.91. The van der Waals surface area contributed by atoms with Crippen LogP contribution in [-0.4, -0.2) is 21.2 Å². The van der Waals surface area contributed by atoms with E-state index < -0.39 is 0 Å². The molecule has 13 heavy (non-hydrogen) atoms. The Balaban J connectivity index is 2.91. The van der Waals surface area contributed by atoms with Gasteiger partial charge in [-0.3, -0.25) is 0 Å². The van der Waals surface area contributed by atoms with Crippen LogP contribution in [0, 0.1) is 0 Å². The second kappa shape index (κ2) is 4.72. The maximum atomic E-state index is 5.19. The van der Waals surface area contributed by atoms with E-state index in [2.05, 4.69) is 22.8 Å². The molecule has 0 bridgehead atoms. The van der Waals surface area contributed by atoms with Gasteiger partial charge in [0.05, 0.1) is 12.8 Å². The van der Waals surface area contributed by atoms with Gasteiger partial charge in [0, 0.05) is 13.6 Å². The van der Waals surface area contributed by atoms with Crippen molar-refractivity contribution in [1.29, 1.82) is 0 Å². The van der Waals surface area contributed by atoms with Crippen molar-refractivity contribution in [3.8, 4) is 5.75 Å². The molecule has 0 aliphatic rings. The Kier molecular flexibility index (Phi) is 3.58. The van der Waals surface area contributed by atoms with Crippen molar-refractivity contribution in [3.63, 3.8) is 0 Å². The van der Waals surface area contributed by atoms with E-state index in [-0.39, 0.29) is 0 Å². The van der Waals surface area contributed by atoms with Gasteiger partial charge in [0.1, 0.15) is 5.75 Å². The molecule has 3 nitrogen and oxygen atoms in total. The molecule has 0 spiro atoms. The molecule has 0 unspecified atom stereocenters. The minimum Gasteiger partial charge on any atom is -0.495 e. The first-order valence-corrected chi connectivity index (χ1v) is 4.31. The first-order chi connectivity index (χ1) is 6.31. The van der Waals surface area contributed by atoms with Crippen molar-refractivity contribution in [2.75, 3.05) is 26.5 Å². The highest BCUT2D eigenvalue weighted by atomic mass is 16.5. The SMILES string of the molecule is CNCc1ccc(OC)c(NC)c1. The second-order valence-corrected chi connectivity index (χ2v) is 2.81. The van der Waals surface area contributed by atoms with Crippen LogP contribution in [0.4, 0.5) is 5.69 Å². The van der Waals surface area contributed by atoms with Crippen molar-refractivity contribution in [2.24, 2.45) is 0 Å². The summed E-state index contributed by atoms with van der Waals surface area (Å²) in [5, 5.41) is 6.20. The lowest BCUT2D eigenvalue weighted by Gasteiger charge is -2.09. The predicted molar refractivity (Wildman–Crippen MR) is 55.3 cm³/mol. The zero-order valence-electron chi connectivity index (χ0n) is 8.35. The molecule has 0 saturated heterocycles. The highest BCUT2D eigenvalue weighted by molar-refractivity contribution is 5.57. The minimum atomic E-state index is 0.874. The molecule has 0 saturated carbocycles. The van der Waals surface area contributed by atoms with Crippen molar-refractivity contribution >= 4 is 5.69 Å². The van der Waals surface area contributed by atoms with Crippen LogP contribution in [0.3, 0.4) is 0 Å². The van der Waals surface area contributed by atoms with Gasteiger partial charge in [-0.2, -0.15) is 0 Å². The quantitative estimate of drug-likeness (QED) is 0.736. The summed E-state index contributed by atoms with van der Waals surface area (Å²) in [6, 6.07) is 6.10. The van der Waals surface area contributed by atoms with E-state index in [1.165, 1.54) is 5.56 Å². The van der Waals surface area contributed by atoms with Gasteiger partial charge in [0.15, 0.2) is 0 Å². The van der Waals surface area contributed by atoms with Gasteiger partial charge in [0.25, 0.3) is 0 Å². The Bertz CT molecular complexity index is 274. The van der Waals surface area contributed by atoms with E-state index in [0.717, 1.165) is 18.0 Å². The molecule has 0 aliphatic heterocycles. The van der Waals surface area contributed by atoms with Gasteiger partial charge in [0.2, 0.25) is 0 Å². The van der Waals surface area contributed by atoms with Crippen LogP contribution in [-0.2, 0) is 6.54 Å². The smallest absolute Gasteiger partial charge is 0.141 e. The summed E-state index contributed by atoms with van der Waals surface area (Å²) < 4.78 is 5.19. The number of hydrogen-bond donors (Lipinski definition) is 2. The molecule has 0 atom stereocenters. The third kappa shape index (κ3) is 2.36. The van der Waals surface area contributed by atoms with Crippen molar-refractivity contribution in [3.05, 3.63) is 23.8 Å². The summed E-state index contributed by atoms with van der Waals surface area (Å²) in [5.41, 5.74) is 2.27. The second-order valence-electron chi connectivity index (χ2n) is 2.81.